The van der Waals surface area contributed by atoms with Crippen molar-refractivity contribution in [3.8, 4) is 0 Å². The predicted octanol–water partition coefficient (Wildman–Crippen LogP) is 1.89. The zero-order valence-electron chi connectivity index (χ0n) is 10.6. The molecular weight excluding hydrogens is 218 g/mol. The summed E-state index contributed by atoms with van der Waals surface area (Å²) in [5, 5.41) is 9.29. The average Bonchev–Trinajstić information content (AvgIpc) is 2.19. The fourth-order valence-corrected chi connectivity index (χ4v) is 2.90. The molecule has 1 saturated heterocycles. The van der Waals surface area contributed by atoms with Gasteiger partial charge in [0.25, 0.3) is 0 Å². The van der Waals surface area contributed by atoms with Crippen molar-refractivity contribution in [3.63, 3.8) is 0 Å². The van der Waals surface area contributed by atoms with Gasteiger partial charge in [-0.05, 0) is 38.5 Å². The Morgan fingerprint density at radius 2 is 1.88 bits per heavy atom. The van der Waals surface area contributed by atoms with Crippen LogP contribution in [0.5, 0.6) is 0 Å². The van der Waals surface area contributed by atoms with Gasteiger partial charge in [-0.3, -0.25) is 9.59 Å². The van der Waals surface area contributed by atoms with E-state index in [4.69, 9.17) is 0 Å². The molecule has 1 aliphatic heterocycles. The summed E-state index contributed by atoms with van der Waals surface area (Å²) in [6, 6.07) is 0.190. The Bertz CT molecular complexity index is 336. The van der Waals surface area contributed by atoms with Gasteiger partial charge in [-0.2, -0.15) is 0 Å². The molecule has 1 amide bonds. The van der Waals surface area contributed by atoms with E-state index in [0.29, 0.717) is 18.8 Å². The molecule has 2 unspecified atom stereocenters. The molecule has 0 radical (unpaired) electrons. The summed E-state index contributed by atoms with van der Waals surface area (Å²) in [5.41, 5.74) is -1.09. The van der Waals surface area contributed by atoms with Gasteiger partial charge < -0.3 is 10.0 Å². The van der Waals surface area contributed by atoms with Crippen molar-refractivity contribution in [2.24, 2.45) is 11.3 Å². The number of piperidine rings is 1. The Kier molecular flexibility index (Phi) is 3.15. The molecule has 2 aliphatic rings. The molecule has 96 valence electrons. The van der Waals surface area contributed by atoms with Gasteiger partial charge in [-0.15, -0.1) is 0 Å². The van der Waals surface area contributed by atoms with Crippen molar-refractivity contribution in [2.75, 3.05) is 6.54 Å². The van der Waals surface area contributed by atoms with Crippen LogP contribution >= 0.6 is 0 Å². The molecule has 1 heterocycles. The van der Waals surface area contributed by atoms with Crippen LogP contribution in [0, 0.1) is 11.3 Å². The number of carboxylic acid groups (broad SMARTS) is 1. The first-order chi connectivity index (χ1) is 7.97. The number of carbonyl (C=O) groups excluding carboxylic acids is 1. The molecule has 2 rings (SSSR count). The van der Waals surface area contributed by atoms with Gasteiger partial charge in [-0.1, -0.05) is 13.3 Å². The van der Waals surface area contributed by atoms with Gasteiger partial charge in [0.2, 0.25) is 5.91 Å². The van der Waals surface area contributed by atoms with Gasteiger partial charge in [0.05, 0.1) is 0 Å². The first-order valence-corrected chi connectivity index (χ1v) is 6.52. The Balaban J connectivity index is 2.15. The molecule has 1 aliphatic carbocycles. The highest BCUT2D eigenvalue weighted by atomic mass is 16.4. The molecule has 0 bridgehead atoms. The molecule has 1 saturated carbocycles. The van der Waals surface area contributed by atoms with Crippen molar-refractivity contribution in [3.05, 3.63) is 0 Å². The van der Waals surface area contributed by atoms with Crippen LogP contribution in [-0.2, 0) is 9.59 Å². The van der Waals surface area contributed by atoms with E-state index in [1.165, 1.54) is 0 Å². The van der Waals surface area contributed by atoms with Gasteiger partial charge in [0.1, 0.15) is 5.41 Å². The van der Waals surface area contributed by atoms with Crippen molar-refractivity contribution in [2.45, 2.75) is 52.0 Å². The first-order valence-electron chi connectivity index (χ1n) is 6.52. The highest BCUT2D eigenvalue weighted by Crippen LogP contribution is 2.44. The fraction of sp³-hybridized carbons (Fsp3) is 0.846. The van der Waals surface area contributed by atoms with E-state index in [2.05, 4.69) is 6.92 Å². The Morgan fingerprint density at radius 1 is 1.24 bits per heavy atom. The number of amides is 1. The summed E-state index contributed by atoms with van der Waals surface area (Å²) in [6.45, 7) is 4.87. The lowest BCUT2D eigenvalue weighted by Gasteiger charge is -2.45. The third-order valence-electron chi connectivity index (χ3n) is 4.40. The van der Waals surface area contributed by atoms with E-state index in [0.717, 1.165) is 25.8 Å². The lowest BCUT2D eigenvalue weighted by Crippen LogP contribution is -2.56. The zero-order valence-corrected chi connectivity index (χ0v) is 10.6. The van der Waals surface area contributed by atoms with Crippen LogP contribution in [0.3, 0.4) is 0 Å². The molecule has 0 aromatic carbocycles. The summed E-state index contributed by atoms with van der Waals surface area (Å²) in [4.78, 5) is 25.6. The molecule has 0 spiro atoms. The summed E-state index contributed by atoms with van der Waals surface area (Å²) < 4.78 is 0. The summed E-state index contributed by atoms with van der Waals surface area (Å²) in [6.07, 6.45) is 4.00. The first kappa shape index (κ1) is 12.4. The van der Waals surface area contributed by atoms with E-state index in [1.807, 2.05) is 6.92 Å². The standard InChI is InChI=1S/C13H21NO3/c1-9-4-5-10(2)14(8-9)11(15)13(12(16)17)6-3-7-13/h9-10H,3-8H2,1-2H3,(H,16,17). The third kappa shape index (κ3) is 1.94. The topological polar surface area (TPSA) is 57.6 Å². The Labute approximate surface area is 102 Å². The maximum Gasteiger partial charge on any atom is 0.319 e. The Hall–Kier alpha value is -1.06. The number of likely N-dealkylation sites (tertiary alicyclic amines) is 1. The maximum absolute atomic E-state index is 12.4. The smallest absolute Gasteiger partial charge is 0.319 e. The number of rotatable bonds is 2. The van der Waals surface area contributed by atoms with E-state index >= 15 is 0 Å². The molecule has 0 aromatic heterocycles. The minimum absolute atomic E-state index is 0.143. The largest absolute Gasteiger partial charge is 0.480 e. The molecule has 0 aromatic rings. The minimum atomic E-state index is -1.09. The second-order valence-electron chi connectivity index (χ2n) is 5.73. The van der Waals surface area contributed by atoms with Crippen LogP contribution in [0.4, 0.5) is 0 Å². The SMILES string of the molecule is CC1CCC(C)N(C(=O)C2(C(=O)O)CCC2)C1. The highest BCUT2D eigenvalue weighted by molar-refractivity contribution is 6.03. The summed E-state index contributed by atoms with van der Waals surface area (Å²) in [7, 11) is 0. The fourth-order valence-electron chi connectivity index (χ4n) is 2.90. The lowest BCUT2D eigenvalue weighted by atomic mass is 9.67. The van der Waals surface area contributed by atoms with E-state index < -0.39 is 11.4 Å². The van der Waals surface area contributed by atoms with Gasteiger partial charge in [0.15, 0.2) is 0 Å². The van der Waals surface area contributed by atoms with Crippen molar-refractivity contribution >= 4 is 11.9 Å². The van der Waals surface area contributed by atoms with E-state index in [9.17, 15) is 14.7 Å². The molecule has 1 N–H and O–H groups in total. The van der Waals surface area contributed by atoms with Gasteiger partial charge in [0, 0.05) is 12.6 Å². The van der Waals surface area contributed by atoms with Crippen molar-refractivity contribution in [1.82, 2.24) is 4.90 Å². The van der Waals surface area contributed by atoms with Crippen LogP contribution in [0.1, 0.15) is 46.0 Å². The number of aliphatic carboxylic acids is 1. The monoisotopic (exact) mass is 239 g/mol. The maximum atomic E-state index is 12.4. The lowest BCUT2D eigenvalue weighted by molar-refractivity contribution is -0.169. The third-order valence-corrected chi connectivity index (χ3v) is 4.40. The number of carboxylic acids is 1. The molecule has 4 nitrogen and oxygen atoms in total. The highest BCUT2D eigenvalue weighted by Gasteiger charge is 2.53. The second-order valence-corrected chi connectivity index (χ2v) is 5.73. The van der Waals surface area contributed by atoms with Crippen LogP contribution in [0.2, 0.25) is 0 Å². The molecule has 2 atom stereocenters. The molecule has 2 fully saturated rings. The van der Waals surface area contributed by atoms with Crippen LogP contribution in [0.15, 0.2) is 0 Å². The van der Waals surface area contributed by atoms with Gasteiger partial charge >= 0.3 is 5.97 Å². The minimum Gasteiger partial charge on any atom is -0.480 e. The number of carbonyl (C=O) groups is 2. The predicted molar refractivity (Wildman–Crippen MR) is 63.5 cm³/mol. The van der Waals surface area contributed by atoms with E-state index in [-0.39, 0.29) is 11.9 Å². The van der Waals surface area contributed by atoms with Gasteiger partial charge in [-0.25, -0.2) is 0 Å². The number of hydrogen-bond donors (Lipinski definition) is 1. The summed E-state index contributed by atoms with van der Waals surface area (Å²) >= 11 is 0. The van der Waals surface area contributed by atoms with Crippen molar-refractivity contribution in [1.29, 1.82) is 0 Å². The normalized spacial score (nSPS) is 31.8. The van der Waals surface area contributed by atoms with E-state index in [1.54, 1.807) is 4.90 Å². The Morgan fingerprint density at radius 3 is 2.35 bits per heavy atom. The molecule has 4 heteroatoms. The van der Waals surface area contributed by atoms with Crippen LogP contribution < -0.4 is 0 Å². The van der Waals surface area contributed by atoms with Crippen molar-refractivity contribution < 1.29 is 14.7 Å². The summed E-state index contributed by atoms with van der Waals surface area (Å²) in [5.74, 6) is -0.587. The second kappa shape index (κ2) is 4.31. The zero-order chi connectivity index (χ0) is 12.6. The van der Waals surface area contributed by atoms with Crippen LogP contribution in [-0.4, -0.2) is 34.5 Å². The quantitative estimate of drug-likeness (QED) is 0.749. The average molecular weight is 239 g/mol. The van der Waals surface area contributed by atoms with Crippen LogP contribution in [0.25, 0.3) is 0 Å². The number of nitrogens with zero attached hydrogens (tertiary/aromatic N) is 1. The molecular formula is C13H21NO3. The molecule has 17 heavy (non-hydrogen) atoms. The number of hydrogen-bond acceptors (Lipinski definition) is 2.